The van der Waals surface area contributed by atoms with E-state index in [0.29, 0.717) is 17.1 Å². The predicted molar refractivity (Wildman–Crippen MR) is 92.6 cm³/mol. The Morgan fingerprint density at radius 1 is 1.35 bits per heavy atom. The average molecular weight is 311 g/mol. The SMILES string of the molecule is C=C(NCC1CCCC1(C)C)c1ccc(-c2nc(C)no2)cc1. The highest BCUT2D eigenvalue weighted by Gasteiger charge is 2.33. The van der Waals surface area contributed by atoms with Crippen LogP contribution < -0.4 is 5.32 Å². The fourth-order valence-electron chi connectivity index (χ4n) is 3.35. The second kappa shape index (κ2) is 6.19. The van der Waals surface area contributed by atoms with Gasteiger partial charge in [0.05, 0.1) is 0 Å². The summed E-state index contributed by atoms with van der Waals surface area (Å²) in [5, 5.41) is 7.34. The molecule has 1 heterocycles. The zero-order valence-electron chi connectivity index (χ0n) is 14.2. The molecule has 0 amide bonds. The lowest BCUT2D eigenvalue weighted by Gasteiger charge is -2.27. The molecule has 0 bridgehead atoms. The Balaban J connectivity index is 1.62. The summed E-state index contributed by atoms with van der Waals surface area (Å²) in [6.07, 6.45) is 3.97. The monoisotopic (exact) mass is 311 g/mol. The van der Waals surface area contributed by atoms with Crippen LogP contribution in [-0.4, -0.2) is 16.7 Å². The summed E-state index contributed by atoms with van der Waals surface area (Å²) in [4.78, 5) is 4.24. The number of rotatable bonds is 5. The largest absolute Gasteiger partial charge is 0.385 e. The molecule has 4 heteroatoms. The standard InChI is InChI=1S/C19H25N3O/c1-13(20-12-17-6-5-11-19(17,3)4)15-7-9-16(10-8-15)18-21-14(2)22-23-18/h7-10,17,20H,1,5-6,11-12H2,2-4H3. The van der Waals surface area contributed by atoms with E-state index in [0.717, 1.165) is 29.3 Å². The number of hydrogen-bond acceptors (Lipinski definition) is 4. The van der Waals surface area contributed by atoms with Crippen LogP contribution >= 0.6 is 0 Å². The van der Waals surface area contributed by atoms with Crippen molar-refractivity contribution in [1.82, 2.24) is 15.5 Å². The lowest BCUT2D eigenvalue weighted by Crippen LogP contribution is -2.28. The van der Waals surface area contributed by atoms with Crippen LogP contribution in [0.1, 0.15) is 44.5 Å². The molecule has 122 valence electrons. The summed E-state index contributed by atoms with van der Waals surface area (Å²) in [7, 11) is 0. The minimum atomic E-state index is 0.437. The fraction of sp³-hybridized carbons (Fsp3) is 0.474. The van der Waals surface area contributed by atoms with Gasteiger partial charge in [-0.3, -0.25) is 0 Å². The van der Waals surface area contributed by atoms with Gasteiger partial charge in [0, 0.05) is 17.8 Å². The zero-order valence-corrected chi connectivity index (χ0v) is 14.2. The van der Waals surface area contributed by atoms with Crippen molar-refractivity contribution < 1.29 is 4.52 Å². The van der Waals surface area contributed by atoms with Gasteiger partial charge in [-0.05, 0) is 48.8 Å². The van der Waals surface area contributed by atoms with Crippen LogP contribution in [0.5, 0.6) is 0 Å². The van der Waals surface area contributed by atoms with E-state index >= 15 is 0 Å². The minimum absolute atomic E-state index is 0.437. The van der Waals surface area contributed by atoms with Crippen molar-refractivity contribution in [2.45, 2.75) is 40.0 Å². The predicted octanol–water partition coefficient (Wildman–Crippen LogP) is 4.43. The summed E-state index contributed by atoms with van der Waals surface area (Å²) in [5.74, 6) is 1.93. The molecule has 1 aliphatic rings. The zero-order chi connectivity index (χ0) is 16.4. The number of nitrogens with one attached hydrogen (secondary N) is 1. The third-order valence-corrected chi connectivity index (χ3v) is 5.05. The lowest BCUT2D eigenvalue weighted by molar-refractivity contribution is 0.259. The average Bonchev–Trinajstić information content (AvgIpc) is 3.10. The van der Waals surface area contributed by atoms with Crippen molar-refractivity contribution in [1.29, 1.82) is 0 Å². The molecule has 2 aromatic rings. The van der Waals surface area contributed by atoms with Crippen LogP contribution in [0.15, 0.2) is 35.4 Å². The quantitative estimate of drug-likeness (QED) is 0.887. The maximum atomic E-state index is 5.19. The Kier molecular flexibility index (Phi) is 4.24. The van der Waals surface area contributed by atoms with Crippen LogP contribution in [0.4, 0.5) is 0 Å². The van der Waals surface area contributed by atoms with E-state index in [-0.39, 0.29) is 0 Å². The van der Waals surface area contributed by atoms with Crippen molar-refractivity contribution in [2.75, 3.05) is 6.54 Å². The molecule has 4 nitrogen and oxygen atoms in total. The van der Waals surface area contributed by atoms with E-state index in [4.69, 9.17) is 4.52 Å². The molecule has 0 aliphatic heterocycles. The van der Waals surface area contributed by atoms with Gasteiger partial charge in [-0.2, -0.15) is 4.98 Å². The van der Waals surface area contributed by atoms with Crippen LogP contribution in [0.25, 0.3) is 17.2 Å². The highest BCUT2D eigenvalue weighted by molar-refractivity contribution is 5.65. The summed E-state index contributed by atoms with van der Waals surface area (Å²) in [5.41, 5.74) is 3.44. The molecule has 1 atom stereocenters. The summed E-state index contributed by atoms with van der Waals surface area (Å²) < 4.78 is 5.19. The number of aryl methyl sites for hydroxylation is 1. The van der Waals surface area contributed by atoms with Crippen molar-refractivity contribution >= 4 is 5.70 Å². The maximum Gasteiger partial charge on any atom is 0.257 e. The molecule has 1 saturated carbocycles. The minimum Gasteiger partial charge on any atom is -0.385 e. The molecular weight excluding hydrogens is 286 g/mol. The van der Waals surface area contributed by atoms with Crippen LogP contribution in [0, 0.1) is 18.3 Å². The number of aromatic nitrogens is 2. The summed E-state index contributed by atoms with van der Waals surface area (Å²) in [6, 6.07) is 8.08. The van der Waals surface area contributed by atoms with Crippen molar-refractivity contribution in [3.63, 3.8) is 0 Å². The Morgan fingerprint density at radius 3 is 2.65 bits per heavy atom. The van der Waals surface area contributed by atoms with Crippen LogP contribution in [-0.2, 0) is 0 Å². The lowest BCUT2D eigenvalue weighted by atomic mass is 9.82. The third kappa shape index (κ3) is 3.46. The van der Waals surface area contributed by atoms with Gasteiger partial charge in [0.1, 0.15) is 0 Å². The molecule has 0 spiro atoms. The maximum absolute atomic E-state index is 5.19. The van der Waals surface area contributed by atoms with E-state index in [1.807, 2.05) is 31.2 Å². The normalized spacial score (nSPS) is 19.7. The van der Waals surface area contributed by atoms with Crippen LogP contribution in [0.2, 0.25) is 0 Å². The first kappa shape index (κ1) is 15.8. The van der Waals surface area contributed by atoms with Crippen LogP contribution in [0.3, 0.4) is 0 Å². The van der Waals surface area contributed by atoms with E-state index in [1.54, 1.807) is 0 Å². The highest BCUT2D eigenvalue weighted by atomic mass is 16.5. The molecule has 1 fully saturated rings. The first-order chi connectivity index (χ1) is 11.0. The van der Waals surface area contributed by atoms with Gasteiger partial charge >= 0.3 is 0 Å². The van der Waals surface area contributed by atoms with Crippen molar-refractivity contribution in [3.8, 4) is 11.5 Å². The Bertz CT molecular complexity index is 685. The topological polar surface area (TPSA) is 51.0 Å². The van der Waals surface area contributed by atoms with Crippen molar-refractivity contribution in [2.24, 2.45) is 11.3 Å². The number of nitrogens with zero attached hydrogens (tertiary/aromatic N) is 2. The summed E-state index contributed by atoms with van der Waals surface area (Å²) in [6.45, 7) is 11.7. The molecule has 1 aliphatic carbocycles. The Hall–Kier alpha value is -2.10. The van der Waals surface area contributed by atoms with Gasteiger partial charge in [-0.1, -0.05) is 44.1 Å². The van der Waals surface area contributed by atoms with Gasteiger partial charge in [0.25, 0.3) is 5.89 Å². The number of benzene rings is 1. The molecule has 0 radical (unpaired) electrons. The van der Waals surface area contributed by atoms with Gasteiger partial charge in [-0.15, -0.1) is 0 Å². The highest BCUT2D eigenvalue weighted by Crippen LogP contribution is 2.42. The van der Waals surface area contributed by atoms with E-state index in [9.17, 15) is 0 Å². The van der Waals surface area contributed by atoms with Gasteiger partial charge in [0.2, 0.25) is 0 Å². The van der Waals surface area contributed by atoms with Gasteiger partial charge in [0.15, 0.2) is 5.82 Å². The van der Waals surface area contributed by atoms with Gasteiger partial charge < -0.3 is 9.84 Å². The molecule has 0 saturated heterocycles. The first-order valence-electron chi connectivity index (χ1n) is 8.29. The fourth-order valence-corrected chi connectivity index (χ4v) is 3.35. The van der Waals surface area contributed by atoms with E-state index in [2.05, 4.69) is 35.9 Å². The molecule has 1 aromatic heterocycles. The molecular formula is C19H25N3O. The Morgan fingerprint density at radius 2 is 2.09 bits per heavy atom. The smallest absolute Gasteiger partial charge is 0.257 e. The summed E-state index contributed by atoms with van der Waals surface area (Å²) >= 11 is 0. The second-order valence-corrected chi connectivity index (χ2v) is 7.16. The first-order valence-corrected chi connectivity index (χ1v) is 8.29. The molecule has 1 N–H and O–H groups in total. The molecule has 23 heavy (non-hydrogen) atoms. The molecule has 1 aromatic carbocycles. The van der Waals surface area contributed by atoms with E-state index in [1.165, 1.54) is 19.3 Å². The van der Waals surface area contributed by atoms with Crippen molar-refractivity contribution in [3.05, 3.63) is 42.2 Å². The number of hydrogen-bond donors (Lipinski definition) is 1. The van der Waals surface area contributed by atoms with Gasteiger partial charge in [-0.25, -0.2) is 0 Å². The third-order valence-electron chi connectivity index (χ3n) is 5.05. The van der Waals surface area contributed by atoms with E-state index < -0.39 is 0 Å². The Labute approximate surface area is 138 Å². The molecule has 3 rings (SSSR count). The molecule has 1 unspecified atom stereocenters. The second-order valence-electron chi connectivity index (χ2n) is 7.16.